The van der Waals surface area contributed by atoms with Crippen molar-refractivity contribution in [3.63, 3.8) is 0 Å². The number of fused-ring (bicyclic) bond motifs is 1. The maximum absolute atomic E-state index is 13.0. The van der Waals surface area contributed by atoms with E-state index >= 15 is 0 Å². The molecule has 0 amide bonds. The zero-order chi connectivity index (χ0) is 18.8. The zero-order valence-electron chi connectivity index (χ0n) is 16.1. The van der Waals surface area contributed by atoms with Gasteiger partial charge in [-0.05, 0) is 19.4 Å². The molecule has 0 atom stereocenters. The van der Waals surface area contributed by atoms with Crippen LogP contribution in [0.1, 0.15) is 34.9 Å². The summed E-state index contributed by atoms with van der Waals surface area (Å²) >= 11 is 1.24. The largest absolute Gasteiger partial charge is 0.505 e. The van der Waals surface area contributed by atoms with Crippen LogP contribution in [0.25, 0.3) is 10.7 Å². The standard InChI is InChI=1S/C16H14N2O3S2.C2H6.CH3.Y/c1-4-9-18-16-14(22-11(3)17-16)13(19)15(23(18,20)21)12-8-6-5-7-10(12)2;1-2;;/h1,5-8,19H,9H2,2-3H3;1-2H3;1H3;/q;;-1;. The van der Waals surface area contributed by atoms with Crippen molar-refractivity contribution in [2.75, 3.05) is 10.8 Å². The number of sulfonamides is 1. The van der Waals surface area contributed by atoms with E-state index in [9.17, 15) is 13.5 Å². The molecule has 143 valence electrons. The number of nitrogens with zero attached hydrogens (tertiary/aromatic N) is 2. The van der Waals surface area contributed by atoms with Gasteiger partial charge in [0.1, 0.15) is 9.78 Å². The first-order valence-corrected chi connectivity index (χ1v) is 10.1. The predicted molar refractivity (Wildman–Crippen MR) is 110 cm³/mol. The van der Waals surface area contributed by atoms with E-state index in [1.54, 1.807) is 32.0 Å². The summed E-state index contributed by atoms with van der Waals surface area (Å²) in [6, 6.07) is 7.01. The van der Waals surface area contributed by atoms with Gasteiger partial charge in [-0.2, -0.15) is 0 Å². The van der Waals surface area contributed by atoms with E-state index in [2.05, 4.69) is 10.9 Å². The third kappa shape index (κ3) is 4.63. The molecule has 3 rings (SSSR count). The first kappa shape index (κ1) is 25.8. The summed E-state index contributed by atoms with van der Waals surface area (Å²) in [5, 5.41) is 11.3. The number of hydrogen-bond acceptors (Lipinski definition) is 5. The normalized spacial score (nSPS) is 14.0. The number of aromatic nitrogens is 1. The molecule has 2 heterocycles. The number of hydrogen-bond donors (Lipinski definition) is 1. The number of terminal acetylenes is 1. The van der Waals surface area contributed by atoms with Crippen LogP contribution in [0.4, 0.5) is 5.82 Å². The Hall–Kier alpha value is -1.20. The van der Waals surface area contributed by atoms with E-state index in [4.69, 9.17) is 6.42 Å². The van der Waals surface area contributed by atoms with Gasteiger partial charge in [0, 0.05) is 38.3 Å². The van der Waals surface area contributed by atoms with Crippen molar-refractivity contribution in [1.82, 2.24) is 4.98 Å². The smallest absolute Gasteiger partial charge is 0.270 e. The van der Waals surface area contributed by atoms with Crippen molar-refractivity contribution in [2.45, 2.75) is 27.7 Å². The monoisotopic (exact) mass is 480 g/mol. The maximum atomic E-state index is 13.0. The van der Waals surface area contributed by atoms with Gasteiger partial charge in [0.2, 0.25) is 0 Å². The zero-order valence-corrected chi connectivity index (χ0v) is 20.6. The van der Waals surface area contributed by atoms with E-state index < -0.39 is 10.0 Å². The Balaban J connectivity index is 0.00000164. The van der Waals surface area contributed by atoms with Gasteiger partial charge in [-0.1, -0.05) is 44.0 Å². The van der Waals surface area contributed by atoms with Gasteiger partial charge in [-0.3, -0.25) is 0 Å². The summed E-state index contributed by atoms with van der Waals surface area (Å²) in [6.07, 6.45) is 5.33. The molecule has 27 heavy (non-hydrogen) atoms. The second-order valence-electron chi connectivity index (χ2n) is 5.09. The van der Waals surface area contributed by atoms with E-state index in [1.165, 1.54) is 11.3 Å². The number of thiazole rings is 1. The molecular weight excluding hydrogens is 457 g/mol. The van der Waals surface area contributed by atoms with E-state index in [-0.39, 0.29) is 63.2 Å². The van der Waals surface area contributed by atoms with Gasteiger partial charge in [-0.15, -0.1) is 17.8 Å². The Morgan fingerprint density at radius 2 is 1.85 bits per heavy atom. The van der Waals surface area contributed by atoms with Crippen molar-refractivity contribution in [2.24, 2.45) is 0 Å². The van der Waals surface area contributed by atoms with Gasteiger partial charge in [0.15, 0.2) is 11.6 Å². The van der Waals surface area contributed by atoms with Crippen molar-refractivity contribution in [1.29, 1.82) is 0 Å². The fourth-order valence-corrected chi connectivity index (χ4v) is 5.20. The Morgan fingerprint density at radius 3 is 2.41 bits per heavy atom. The average Bonchev–Trinajstić information content (AvgIpc) is 2.97. The molecule has 1 aliphatic rings. The van der Waals surface area contributed by atoms with E-state index in [0.29, 0.717) is 15.4 Å². The van der Waals surface area contributed by atoms with Crippen molar-refractivity contribution in [3.8, 4) is 12.3 Å². The number of rotatable bonds is 2. The van der Waals surface area contributed by atoms with Crippen LogP contribution in [0.5, 0.6) is 0 Å². The van der Waals surface area contributed by atoms with Crippen LogP contribution >= 0.6 is 11.3 Å². The molecule has 0 saturated heterocycles. The Kier molecular flexibility index (Phi) is 9.92. The summed E-state index contributed by atoms with van der Waals surface area (Å²) < 4.78 is 27.1. The molecule has 5 nitrogen and oxygen atoms in total. The minimum absolute atomic E-state index is 0. The molecule has 0 saturated carbocycles. The second-order valence-corrected chi connectivity index (χ2v) is 8.10. The first-order chi connectivity index (χ1) is 11.9. The number of aliphatic hydroxyl groups excluding tert-OH is 1. The quantitative estimate of drug-likeness (QED) is 0.511. The molecule has 1 radical (unpaired) electrons. The van der Waals surface area contributed by atoms with Gasteiger partial charge < -0.3 is 12.5 Å². The van der Waals surface area contributed by atoms with Gasteiger partial charge in [0.05, 0.1) is 11.6 Å². The van der Waals surface area contributed by atoms with Crippen LogP contribution in [0.15, 0.2) is 24.3 Å². The number of benzene rings is 1. The van der Waals surface area contributed by atoms with E-state index in [0.717, 1.165) is 9.87 Å². The molecule has 8 heteroatoms. The number of anilines is 1. The van der Waals surface area contributed by atoms with Crippen LogP contribution in [-0.2, 0) is 42.7 Å². The fraction of sp³-hybridized carbons (Fsp3) is 0.263. The van der Waals surface area contributed by atoms with Crippen LogP contribution in [0.2, 0.25) is 0 Å². The number of aryl methyl sites for hydroxylation is 2. The molecule has 1 N–H and O–H groups in total. The molecule has 1 aromatic heterocycles. The molecular formula is C19H23N2O3S2Y-. The SMILES string of the molecule is C#CCN1c2nc(C)sc2C(O)=C(c2ccccc2C)S1(=O)=O.CC.[CH3-].[Y]. The molecule has 0 unspecified atom stereocenters. The topological polar surface area (TPSA) is 70.5 Å². The molecule has 0 bridgehead atoms. The summed E-state index contributed by atoms with van der Waals surface area (Å²) in [6.45, 7) is 7.41. The summed E-state index contributed by atoms with van der Waals surface area (Å²) in [4.78, 5) is 4.52. The van der Waals surface area contributed by atoms with Gasteiger partial charge in [0.25, 0.3) is 10.0 Å². The van der Waals surface area contributed by atoms with E-state index in [1.807, 2.05) is 19.9 Å². The van der Waals surface area contributed by atoms with Crippen LogP contribution in [-0.4, -0.2) is 25.1 Å². The van der Waals surface area contributed by atoms with Crippen LogP contribution in [0.3, 0.4) is 0 Å². The molecule has 0 spiro atoms. The van der Waals surface area contributed by atoms with Crippen molar-refractivity contribution >= 4 is 37.8 Å². The molecule has 2 aromatic rings. The predicted octanol–water partition coefficient (Wildman–Crippen LogP) is 4.40. The van der Waals surface area contributed by atoms with Crippen LogP contribution in [0, 0.1) is 33.6 Å². The maximum Gasteiger partial charge on any atom is 0.270 e. The second kappa shape index (κ2) is 10.4. The third-order valence-electron chi connectivity index (χ3n) is 3.56. The average molecular weight is 480 g/mol. The summed E-state index contributed by atoms with van der Waals surface area (Å²) in [5.41, 5.74) is 1.21. The summed E-state index contributed by atoms with van der Waals surface area (Å²) in [5.74, 6) is 2.28. The third-order valence-corrected chi connectivity index (χ3v) is 6.33. The molecule has 0 aliphatic carbocycles. The van der Waals surface area contributed by atoms with Gasteiger partial charge in [-0.25, -0.2) is 17.7 Å². The minimum atomic E-state index is -3.99. The molecule has 0 fully saturated rings. The molecule has 1 aromatic carbocycles. The van der Waals surface area contributed by atoms with Crippen molar-refractivity contribution in [3.05, 3.63) is 52.7 Å². The molecule has 1 aliphatic heterocycles. The van der Waals surface area contributed by atoms with Crippen LogP contribution < -0.4 is 4.31 Å². The van der Waals surface area contributed by atoms with Crippen molar-refractivity contribution < 1.29 is 46.2 Å². The number of aliphatic hydroxyl groups is 1. The van der Waals surface area contributed by atoms with Gasteiger partial charge >= 0.3 is 0 Å². The minimum Gasteiger partial charge on any atom is -0.505 e. The Bertz CT molecular complexity index is 973. The Morgan fingerprint density at radius 1 is 1.26 bits per heavy atom. The fourth-order valence-electron chi connectivity index (χ4n) is 2.53. The summed E-state index contributed by atoms with van der Waals surface area (Å²) in [7, 11) is -3.99. The first-order valence-electron chi connectivity index (χ1n) is 7.81. The Labute approximate surface area is 191 Å².